The summed E-state index contributed by atoms with van der Waals surface area (Å²) in [5.74, 6) is 0.839. The van der Waals surface area contributed by atoms with Crippen molar-refractivity contribution in [2.24, 2.45) is 0 Å². The van der Waals surface area contributed by atoms with Gasteiger partial charge in [-0.3, -0.25) is 0 Å². The van der Waals surface area contributed by atoms with Crippen LogP contribution in [0.1, 0.15) is 11.1 Å². The van der Waals surface area contributed by atoms with Crippen molar-refractivity contribution >= 4 is 45.0 Å². The highest BCUT2D eigenvalue weighted by molar-refractivity contribution is 14.1. The number of nitriles is 1. The summed E-state index contributed by atoms with van der Waals surface area (Å²) in [5, 5.41) is 11.8. The van der Waals surface area contributed by atoms with E-state index >= 15 is 0 Å². The zero-order chi connectivity index (χ0) is 16.2. The molecule has 0 N–H and O–H groups in total. The molecule has 23 heavy (non-hydrogen) atoms. The highest BCUT2D eigenvalue weighted by atomic mass is 127. The topological polar surface area (TPSA) is 33.0 Å². The molecule has 3 heteroatoms. The fraction of sp³-hybridized carbons (Fsp3) is 0.0500. The monoisotopic (exact) mass is 411 g/mol. The standard InChI is InChI=1S/C20H14INO/c1-23-20-10-9-14(12-19(20)21)11-16(13-22)18-8-4-6-15-5-2-3-7-17(15)18/h2-12H,1H3/b16-11+. The first-order chi connectivity index (χ1) is 11.2. The first-order valence-corrected chi connectivity index (χ1v) is 8.24. The Hall–Kier alpha value is -2.32. The zero-order valence-corrected chi connectivity index (χ0v) is 14.7. The van der Waals surface area contributed by atoms with Gasteiger partial charge in [0.25, 0.3) is 0 Å². The van der Waals surface area contributed by atoms with E-state index in [0.717, 1.165) is 31.2 Å². The van der Waals surface area contributed by atoms with Crippen molar-refractivity contribution < 1.29 is 4.74 Å². The van der Waals surface area contributed by atoms with Crippen LogP contribution in [0.15, 0.2) is 60.7 Å². The van der Waals surface area contributed by atoms with Crippen LogP contribution in [-0.4, -0.2) is 7.11 Å². The molecule has 0 aliphatic carbocycles. The van der Waals surface area contributed by atoms with Crippen LogP contribution < -0.4 is 4.74 Å². The maximum absolute atomic E-state index is 9.63. The van der Waals surface area contributed by atoms with E-state index in [4.69, 9.17) is 4.74 Å². The summed E-state index contributed by atoms with van der Waals surface area (Å²) in [4.78, 5) is 0. The van der Waals surface area contributed by atoms with Crippen LogP contribution in [0.25, 0.3) is 22.4 Å². The Labute approximate surface area is 149 Å². The van der Waals surface area contributed by atoms with Gasteiger partial charge in [0.1, 0.15) is 5.75 Å². The van der Waals surface area contributed by atoms with Gasteiger partial charge in [0.2, 0.25) is 0 Å². The molecule has 0 radical (unpaired) electrons. The molecule has 0 heterocycles. The summed E-state index contributed by atoms with van der Waals surface area (Å²) in [7, 11) is 1.66. The number of halogens is 1. The summed E-state index contributed by atoms with van der Waals surface area (Å²) >= 11 is 2.24. The summed E-state index contributed by atoms with van der Waals surface area (Å²) in [6.45, 7) is 0. The highest BCUT2D eigenvalue weighted by Gasteiger charge is 2.07. The van der Waals surface area contributed by atoms with Crippen LogP contribution in [0, 0.1) is 14.9 Å². The third-order valence-corrected chi connectivity index (χ3v) is 4.53. The molecule has 0 bridgehead atoms. The average molecular weight is 411 g/mol. The Bertz CT molecular complexity index is 933. The lowest BCUT2D eigenvalue weighted by Gasteiger charge is -2.07. The predicted molar refractivity (Wildman–Crippen MR) is 103 cm³/mol. The van der Waals surface area contributed by atoms with Crippen molar-refractivity contribution in [1.29, 1.82) is 5.26 Å². The first-order valence-electron chi connectivity index (χ1n) is 7.16. The molecule has 0 atom stereocenters. The Morgan fingerprint density at radius 3 is 2.61 bits per heavy atom. The van der Waals surface area contributed by atoms with Gasteiger partial charge in [0.05, 0.1) is 22.3 Å². The Morgan fingerprint density at radius 2 is 1.87 bits per heavy atom. The van der Waals surface area contributed by atoms with E-state index in [0.29, 0.717) is 5.57 Å². The largest absolute Gasteiger partial charge is 0.496 e. The fourth-order valence-electron chi connectivity index (χ4n) is 2.57. The maximum Gasteiger partial charge on any atom is 0.132 e. The maximum atomic E-state index is 9.63. The lowest BCUT2D eigenvalue weighted by molar-refractivity contribution is 0.412. The van der Waals surface area contributed by atoms with E-state index in [2.05, 4.69) is 40.8 Å². The summed E-state index contributed by atoms with van der Waals surface area (Å²) < 4.78 is 6.30. The molecular weight excluding hydrogens is 397 g/mol. The van der Waals surface area contributed by atoms with Gasteiger partial charge >= 0.3 is 0 Å². The van der Waals surface area contributed by atoms with Gasteiger partial charge in [-0.1, -0.05) is 48.5 Å². The van der Waals surface area contributed by atoms with Crippen LogP contribution in [-0.2, 0) is 0 Å². The molecular formula is C20H14INO. The van der Waals surface area contributed by atoms with Crippen LogP contribution in [0.4, 0.5) is 0 Å². The van der Waals surface area contributed by atoms with E-state index in [-0.39, 0.29) is 0 Å². The summed E-state index contributed by atoms with van der Waals surface area (Å²) in [6.07, 6.45) is 1.92. The second kappa shape index (κ2) is 6.84. The van der Waals surface area contributed by atoms with E-state index < -0.39 is 0 Å². The van der Waals surface area contributed by atoms with E-state index in [9.17, 15) is 5.26 Å². The molecule has 2 nitrogen and oxygen atoms in total. The molecule has 3 rings (SSSR count). The molecule has 112 valence electrons. The smallest absolute Gasteiger partial charge is 0.132 e. The number of fused-ring (bicyclic) bond motifs is 1. The van der Waals surface area contributed by atoms with Crippen LogP contribution in [0.3, 0.4) is 0 Å². The van der Waals surface area contributed by atoms with Gasteiger partial charge < -0.3 is 4.74 Å². The minimum atomic E-state index is 0.655. The lowest BCUT2D eigenvalue weighted by Crippen LogP contribution is -1.88. The molecule has 0 aliphatic heterocycles. The molecule has 0 aliphatic rings. The normalized spacial score (nSPS) is 11.3. The number of allylic oxidation sites excluding steroid dienone is 1. The molecule has 0 aromatic heterocycles. The molecule has 3 aromatic carbocycles. The van der Waals surface area contributed by atoms with Gasteiger partial charge in [0.15, 0.2) is 0 Å². The third kappa shape index (κ3) is 3.22. The summed E-state index contributed by atoms with van der Waals surface area (Å²) in [5.41, 5.74) is 2.60. The summed E-state index contributed by atoms with van der Waals surface area (Å²) in [6, 6.07) is 22.4. The second-order valence-electron chi connectivity index (χ2n) is 5.09. The Morgan fingerprint density at radius 1 is 1.09 bits per heavy atom. The lowest BCUT2D eigenvalue weighted by atomic mass is 9.97. The first kappa shape index (κ1) is 15.6. The minimum Gasteiger partial charge on any atom is -0.496 e. The van der Waals surface area contributed by atoms with Crippen molar-refractivity contribution in [3.8, 4) is 11.8 Å². The number of rotatable bonds is 3. The second-order valence-corrected chi connectivity index (χ2v) is 6.25. The van der Waals surface area contributed by atoms with Crippen molar-refractivity contribution in [2.45, 2.75) is 0 Å². The van der Waals surface area contributed by atoms with Gasteiger partial charge in [-0.2, -0.15) is 5.26 Å². The van der Waals surface area contributed by atoms with E-state index in [1.165, 1.54) is 0 Å². The number of hydrogen-bond donors (Lipinski definition) is 0. The van der Waals surface area contributed by atoms with Gasteiger partial charge in [-0.25, -0.2) is 0 Å². The SMILES string of the molecule is COc1ccc(/C=C(\C#N)c2cccc3ccccc23)cc1I. The van der Waals surface area contributed by atoms with Crippen LogP contribution in [0.2, 0.25) is 0 Å². The van der Waals surface area contributed by atoms with Crippen molar-refractivity contribution in [2.75, 3.05) is 7.11 Å². The molecule has 0 spiro atoms. The molecule has 0 saturated heterocycles. The fourth-order valence-corrected chi connectivity index (χ4v) is 3.33. The molecule has 0 fully saturated rings. The molecule has 3 aromatic rings. The van der Waals surface area contributed by atoms with Crippen molar-refractivity contribution in [3.05, 3.63) is 75.4 Å². The van der Waals surface area contributed by atoms with E-state index in [1.807, 2.05) is 54.6 Å². The Kier molecular flexibility index (Phi) is 4.63. The number of methoxy groups -OCH3 is 1. The highest BCUT2D eigenvalue weighted by Crippen LogP contribution is 2.28. The van der Waals surface area contributed by atoms with Gasteiger partial charge in [-0.05, 0) is 57.1 Å². The predicted octanol–water partition coefficient (Wildman–Crippen LogP) is 5.52. The van der Waals surface area contributed by atoms with Gasteiger partial charge in [0, 0.05) is 5.56 Å². The van der Waals surface area contributed by atoms with Crippen molar-refractivity contribution in [1.82, 2.24) is 0 Å². The average Bonchev–Trinajstić information content (AvgIpc) is 2.59. The van der Waals surface area contributed by atoms with Crippen molar-refractivity contribution in [3.63, 3.8) is 0 Å². The van der Waals surface area contributed by atoms with Crippen LogP contribution in [0.5, 0.6) is 5.75 Å². The number of benzene rings is 3. The number of nitrogens with zero attached hydrogens (tertiary/aromatic N) is 1. The van der Waals surface area contributed by atoms with Crippen LogP contribution >= 0.6 is 22.6 Å². The third-order valence-electron chi connectivity index (χ3n) is 3.69. The molecule has 0 unspecified atom stereocenters. The molecule has 0 amide bonds. The Balaban J connectivity index is 2.12. The quantitative estimate of drug-likeness (QED) is 0.323. The van der Waals surface area contributed by atoms with E-state index in [1.54, 1.807) is 7.11 Å². The van der Waals surface area contributed by atoms with Gasteiger partial charge in [-0.15, -0.1) is 0 Å². The minimum absolute atomic E-state index is 0.655. The number of hydrogen-bond acceptors (Lipinski definition) is 2. The molecule has 0 saturated carbocycles. The zero-order valence-electron chi connectivity index (χ0n) is 12.6. The number of ether oxygens (including phenoxy) is 1.